The zero-order valence-electron chi connectivity index (χ0n) is 56.1. The van der Waals surface area contributed by atoms with E-state index in [1.165, 1.54) is 87.7 Å². The molecule has 0 saturated carbocycles. The van der Waals surface area contributed by atoms with Gasteiger partial charge in [-0.25, -0.2) is 0 Å². The largest absolute Gasteiger partial charge is 0.390 e. The summed E-state index contributed by atoms with van der Waals surface area (Å²) >= 11 is 0. The van der Waals surface area contributed by atoms with Crippen LogP contribution in [0.1, 0.15) is 156 Å². The van der Waals surface area contributed by atoms with Crippen LogP contribution in [0.2, 0.25) is 0 Å². The van der Waals surface area contributed by atoms with E-state index in [-0.39, 0.29) is 55.8 Å². The summed E-state index contributed by atoms with van der Waals surface area (Å²) < 4.78 is 0. The number of hydrogen-bond donors (Lipinski definition) is 5. The van der Waals surface area contributed by atoms with Gasteiger partial charge in [0.1, 0.15) is 60.4 Å². The Balaban J connectivity index is 4.32. The highest BCUT2D eigenvalue weighted by molar-refractivity contribution is 5.99. The lowest BCUT2D eigenvalue weighted by Gasteiger charge is -2.41. The SMILES string of the molecule is C/C=C/C[C@@H](C)[C@@H](O)[C@H]1C(=O)N[C@H](CC)C(=O)N(C)CC(=O)N(C)[C@@H](CC(C)C)C(=O)N[C@@H](C(C)C)C(=O)N(C)[C@H](CC(C)C)C(=O)N[C@@H](C)C(=O)N[C@H](C)C(=O)N(C)[C@@H](CC(C)C)C(=O)N(C)[C@@H](CC(C)C)C(=O)N(C)[C@H](C(C)C)C(=O)N1C. The van der Waals surface area contributed by atoms with Crippen LogP contribution in [0.25, 0.3) is 0 Å². The Morgan fingerprint density at radius 3 is 1.32 bits per heavy atom. The van der Waals surface area contributed by atoms with Crippen LogP contribution in [0.4, 0.5) is 0 Å². The molecule has 23 nitrogen and oxygen atoms in total. The fraction of sp³-hybridized carbons (Fsp3) is 0.790. The first-order chi connectivity index (χ1) is 39.2. The summed E-state index contributed by atoms with van der Waals surface area (Å²) in [6.45, 7) is 29.3. The Labute approximate surface area is 508 Å². The first-order valence-electron chi connectivity index (χ1n) is 30.6. The fourth-order valence-corrected chi connectivity index (χ4v) is 10.7. The lowest BCUT2D eigenvalue weighted by Crippen LogP contribution is -2.63. The molecule has 1 heterocycles. The number of aliphatic hydroxyl groups is 1. The average molecular weight is 1200 g/mol. The van der Waals surface area contributed by atoms with Gasteiger partial charge in [-0.2, -0.15) is 0 Å². The van der Waals surface area contributed by atoms with E-state index >= 15 is 9.59 Å². The van der Waals surface area contributed by atoms with Gasteiger partial charge in [-0.15, -0.1) is 0 Å². The molecule has 0 bridgehead atoms. The Morgan fingerprint density at radius 1 is 0.459 bits per heavy atom. The second-order valence-corrected chi connectivity index (χ2v) is 26.1. The van der Waals surface area contributed by atoms with Crippen molar-refractivity contribution >= 4 is 65.0 Å². The number of nitrogens with zero attached hydrogens (tertiary/aromatic N) is 7. The molecule has 1 saturated heterocycles. The van der Waals surface area contributed by atoms with Gasteiger partial charge < -0.3 is 60.7 Å². The number of likely N-dealkylation sites (N-methyl/N-ethyl adjacent to an activating group) is 7. The molecular formula is C62H111N11O12. The molecule has 1 fully saturated rings. The van der Waals surface area contributed by atoms with E-state index in [9.17, 15) is 48.3 Å². The van der Waals surface area contributed by atoms with Gasteiger partial charge >= 0.3 is 0 Å². The number of amides is 11. The van der Waals surface area contributed by atoms with Crippen molar-refractivity contribution in [1.29, 1.82) is 0 Å². The number of nitrogens with one attached hydrogen (secondary N) is 4. The Kier molecular flexibility index (Phi) is 31.5. The van der Waals surface area contributed by atoms with Crippen LogP contribution < -0.4 is 21.3 Å². The quantitative estimate of drug-likeness (QED) is 0.148. The average Bonchev–Trinajstić information content (AvgIpc) is 3.62. The van der Waals surface area contributed by atoms with Crippen LogP contribution in [0.5, 0.6) is 0 Å². The van der Waals surface area contributed by atoms with Crippen molar-refractivity contribution in [3.05, 3.63) is 12.2 Å². The van der Waals surface area contributed by atoms with Crippen LogP contribution >= 0.6 is 0 Å². The Bertz CT molecular complexity index is 2330. The van der Waals surface area contributed by atoms with Gasteiger partial charge in [0.25, 0.3) is 0 Å². The Morgan fingerprint density at radius 2 is 0.871 bits per heavy atom. The topological polar surface area (TPSA) is 279 Å². The molecule has 1 rings (SSSR count). The molecule has 0 aromatic heterocycles. The van der Waals surface area contributed by atoms with Crippen molar-refractivity contribution in [2.45, 2.75) is 223 Å². The lowest BCUT2D eigenvalue weighted by molar-refractivity contribution is -0.157. The third kappa shape index (κ3) is 21.7. The van der Waals surface area contributed by atoms with Crippen LogP contribution in [0, 0.1) is 41.4 Å². The number of allylic oxidation sites excluding steroid dienone is 2. The number of hydrogen-bond acceptors (Lipinski definition) is 12. The van der Waals surface area contributed by atoms with E-state index in [0.29, 0.717) is 6.42 Å². The summed E-state index contributed by atoms with van der Waals surface area (Å²) in [5.74, 6) is -9.71. The van der Waals surface area contributed by atoms with E-state index in [1.54, 1.807) is 54.5 Å². The molecule has 0 aliphatic carbocycles. The van der Waals surface area contributed by atoms with Crippen molar-refractivity contribution in [1.82, 2.24) is 55.6 Å². The van der Waals surface area contributed by atoms with Gasteiger partial charge in [0, 0.05) is 49.3 Å². The summed E-state index contributed by atoms with van der Waals surface area (Å²) in [5.41, 5.74) is 0. The highest BCUT2D eigenvalue weighted by atomic mass is 16.3. The molecule has 0 aromatic rings. The zero-order chi connectivity index (χ0) is 66.0. The van der Waals surface area contributed by atoms with E-state index in [4.69, 9.17) is 0 Å². The minimum absolute atomic E-state index is 0.0229. The molecule has 23 heteroatoms. The summed E-state index contributed by atoms with van der Waals surface area (Å²) in [6.07, 6.45) is 3.04. The van der Waals surface area contributed by atoms with Gasteiger partial charge in [0.15, 0.2) is 0 Å². The predicted molar refractivity (Wildman–Crippen MR) is 328 cm³/mol. The third-order valence-electron chi connectivity index (χ3n) is 16.1. The zero-order valence-corrected chi connectivity index (χ0v) is 56.1. The van der Waals surface area contributed by atoms with Crippen molar-refractivity contribution in [2.75, 3.05) is 55.9 Å². The van der Waals surface area contributed by atoms with Crippen molar-refractivity contribution in [3.63, 3.8) is 0 Å². The molecule has 0 aromatic carbocycles. The summed E-state index contributed by atoms with van der Waals surface area (Å²) in [7, 11) is 9.92. The summed E-state index contributed by atoms with van der Waals surface area (Å²) in [5, 5.41) is 23.1. The normalized spacial score (nSPS) is 26.9. The number of carbonyl (C=O) groups is 11. The molecule has 486 valence electrons. The predicted octanol–water partition coefficient (Wildman–Crippen LogP) is 3.27. The first-order valence-corrected chi connectivity index (χ1v) is 30.6. The Hall–Kier alpha value is -6.13. The molecule has 0 unspecified atom stereocenters. The molecule has 1 aliphatic rings. The minimum Gasteiger partial charge on any atom is -0.390 e. The standard InChI is InChI=1S/C62H111N11O12/c1-25-27-28-40(15)52(75)51-56(79)65-43(26-2)58(81)67(18)33-48(74)68(19)44(29-34(3)4)55(78)66-49(38(11)12)61(84)69(20)45(30-35(5)6)54(77)63-41(16)53(76)64-42(17)57(80)70(21)46(31-36(7)8)59(82)71(22)47(32-37(9)10)60(83)72(23)50(39(13)14)62(85)73(51)24/h25,27,34-47,49-52,75H,26,28-33H2,1-24H3,(H,63,77)(H,64,76)(H,65,79)(H,66,78)/b27-25+/t40-,41+,42-,43-,44+,45-,46+,47+,49+,50-,51+,52-/m1/s1. The number of carbonyl (C=O) groups excluding carboxylic acids is 11. The second kappa shape index (κ2) is 34.9. The lowest BCUT2D eigenvalue weighted by atomic mass is 9.91. The van der Waals surface area contributed by atoms with Crippen molar-refractivity contribution < 1.29 is 57.8 Å². The molecule has 5 N–H and O–H groups in total. The molecule has 12 atom stereocenters. The molecule has 11 amide bonds. The summed E-state index contributed by atoms with van der Waals surface area (Å²) in [4.78, 5) is 169. The first kappa shape index (κ1) is 76.9. The van der Waals surface area contributed by atoms with E-state index in [0.717, 1.165) is 9.80 Å². The van der Waals surface area contributed by atoms with Crippen LogP contribution in [-0.2, 0) is 52.7 Å². The maximum atomic E-state index is 15.1. The van der Waals surface area contributed by atoms with Gasteiger partial charge in [-0.3, -0.25) is 52.7 Å². The van der Waals surface area contributed by atoms with Crippen LogP contribution in [-0.4, -0.2) is 227 Å². The summed E-state index contributed by atoms with van der Waals surface area (Å²) in [6, 6.07) is -12.3. The minimum atomic E-state index is -1.61. The van der Waals surface area contributed by atoms with Crippen molar-refractivity contribution in [2.24, 2.45) is 41.4 Å². The second-order valence-electron chi connectivity index (χ2n) is 26.1. The maximum absolute atomic E-state index is 15.1. The monoisotopic (exact) mass is 1200 g/mol. The number of aliphatic hydroxyl groups excluding tert-OH is 1. The van der Waals surface area contributed by atoms with Crippen LogP contribution in [0.15, 0.2) is 12.2 Å². The molecule has 0 radical (unpaired) electrons. The highest BCUT2D eigenvalue weighted by Crippen LogP contribution is 2.26. The van der Waals surface area contributed by atoms with Gasteiger partial charge in [0.05, 0.1) is 12.6 Å². The van der Waals surface area contributed by atoms with Crippen molar-refractivity contribution in [3.8, 4) is 0 Å². The molecular weight excluding hydrogens is 1090 g/mol. The van der Waals surface area contributed by atoms with Gasteiger partial charge in [-0.05, 0) is 101 Å². The van der Waals surface area contributed by atoms with E-state index < -0.39 is 156 Å². The highest BCUT2D eigenvalue weighted by Gasteiger charge is 2.45. The van der Waals surface area contributed by atoms with E-state index in [1.807, 2.05) is 61.5 Å². The maximum Gasteiger partial charge on any atom is 0.246 e. The number of rotatable bonds is 15. The fourth-order valence-electron chi connectivity index (χ4n) is 10.7. The smallest absolute Gasteiger partial charge is 0.246 e. The van der Waals surface area contributed by atoms with Gasteiger partial charge in [0.2, 0.25) is 65.0 Å². The van der Waals surface area contributed by atoms with E-state index in [2.05, 4.69) is 21.3 Å². The molecule has 0 spiro atoms. The molecule has 85 heavy (non-hydrogen) atoms. The van der Waals surface area contributed by atoms with Crippen LogP contribution in [0.3, 0.4) is 0 Å². The third-order valence-corrected chi connectivity index (χ3v) is 16.1. The molecule has 1 aliphatic heterocycles. The van der Waals surface area contributed by atoms with Gasteiger partial charge in [-0.1, -0.05) is 109 Å².